The summed E-state index contributed by atoms with van der Waals surface area (Å²) in [6.45, 7) is 0. The Morgan fingerprint density at radius 1 is 0.353 bits per heavy atom. The van der Waals surface area contributed by atoms with Gasteiger partial charge in [-0.25, -0.2) is 0 Å². The average Bonchev–Trinajstić information content (AvgIpc) is 3.73. The molecule has 0 aliphatic heterocycles. The van der Waals surface area contributed by atoms with E-state index >= 15 is 0 Å². The summed E-state index contributed by atoms with van der Waals surface area (Å²) < 4.78 is 5.09. The summed E-state index contributed by atoms with van der Waals surface area (Å²) in [5.41, 5.74) is 6.98. The molecule has 0 bridgehead atoms. The standard InChI is InChI=1S/C48H30N2S/c1-4-12-34-27-37(20-17-31(34)9-1)49(38-21-18-32-10-2-5-13-35(32)28-38)40-23-24-43-42(30-40)47-44(25-26-46-48(47)41-15-7-8-16-45(41)51-46)50(43)39-22-19-33-11-3-6-14-36(33)29-39/h1-30H. The molecule has 3 heteroatoms. The van der Waals surface area contributed by atoms with E-state index < -0.39 is 0 Å². The molecule has 0 saturated heterocycles. The maximum atomic E-state index is 2.46. The smallest absolute Gasteiger partial charge is 0.0548 e. The summed E-state index contributed by atoms with van der Waals surface area (Å²) in [5, 5.41) is 12.6. The summed E-state index contributed by atoms with van der Waals surface area (Å²) in [4.78, 5) is 2.42. The quantitative estimate of drug-likeness (QED) is 0.181. The molecular weight excluding hydrogens is 637 g/mol. The van der Waals surface area contributed by atoms with Gasteiger partial charge in [0.15, 0.2) is 0 Å². The van der Waals surface area contributed by atoms with Gasteiger partial charge in [-0.15, -0.1) is 11.3 Å². The van der Waals surface area contributed by atoms with E-state index in [-0.39, 0.29) is 0 Å². The molecule has 0 fully saturated rings. The Kier molecular flexibility index (Phi) is 6.16. The van der Waals surface area contributed by atoms with Crippen LogP contribution in [0, 0.1) is 0 Å². The number of hydrogen-bond acceptors (Lipinski definition) is 2. The summed E-state index contributed by atoms with van der Waals surface area (Å²) in [7, 11) is 0. The number of aromatic nitrogens is 1. The number of hydrogen-bond donors (Lipinski definition) is 0. The molecule has 0 spiro atoms. The summed E-state index contributed by atoms with van der Waals surface area (Å²) in [6.07, 6.45) is 0. The Balaban J connectivity index is 1.23. The number of rotatable bonds is 4. The molecule has 238 valence electrons. The Labute approximate surface area is 298 Å². The first-order chi connectivity index (χ1) is 25.3. The van der Waals surface area contributed by atoms with E-state index in [4.69, 9.17) is 0 Å². The van der Waals surface area contributed by atoms with Crippen molar-refractivity contribution in [2.24, 2.45) is 0 Å². The van der Waals surface area contributed by atoms with Gasteiger partial charge in [-0.05, 0) is 105 Å². The topological polar surface area (TPSA) is 8.17 Å². The molecule has 0 amide bonds. The van der Waals surface area contributed by atoms with Crippen molar-refractivity contribution < 1.29 is 0 Å². The zero-order valence-electron chi connectivity index (χ0n) is 27.6. The summed E-state index contributed by atoms with van der Waals surface area (Å²) >= 11 is 1.88. The van der Waals surface area contributed by atoms with E-state index in [2.05, 4.69) is 191 Å². The van der Waals surface area contributed by atoms with Gasteiger partial charge < -0.3 is 9.47 Å². The molecule has 0 N–H and O–H groups in total. The zero-order valence-corrected chi connectivity index (χ0v) is 28.4. The first-order valence-electron chi connectivity index (χ1n) is 17.4. The zero-order chi connectivity index (χ0) is 33.5. The van der Waals surface area contributed by atoms with Gasteiger partial charge in [-0.1, -0.05) is 109 Å². The van der Waals surface area contributed by atoms with Crippen molar-refractivity contribution >= 4 is 103 Å². The highest BCUT2D eigenvalue weighted by molar-refractivity contribution is 7.26. The second kappa shape index (κ2) is 11.0. The Hall–Kier alpha value is -6.42. The molecule has 11 aromatic rings. The van der Waals surface area contributed by atoms with Gasteiger partial charge in [-0.3, -0.25) is 0 Å². The molecule has 2 heterocycles. The van der Waals surface area contributed by atoms with Crippen LogP contribution in [0.25, 0.3) is 80.0 Å². The van der Waals surface area contributed by atoms with Crippen LogP contribution < -0.4 is 4.90 Å². The normalized spacial score (nSPS) is 11.9. The van der Waals surface area contributed by atoms with Gasteiger partial charge in [-0.2, -0.15) is 0 Å². The molecule has 0 unspecified atom stereocenters. The second-order valence-electron chi connectivity index (χ2n) is 13.4. The van der Waals surface area contributed by atoms with Gasteiger partial charge in [0.2, 0.25) is 0 Å². The van der Waals surface area contributed by atoms with Gasteiger partial charge in [0, 0.05) is 53.7 Å². The molecule has 0 aliphatic carbocycles. The number of benzene rings is 9. The number of anilines is 3. The number of thiophene rings is 1. The maximum absolute atomic E-state index is 2.46. The lowest BCUT2D eigenvalue weighted by Gasteiger charge is -2.26. The van der Waals surface area contributed by atoms with E-state index in [1.54, 1.807) is 0 Å². The molecule has 0 atom stereocenters. The van der Waals surface area contributed by atoms with Crippen LogP contribution in [0.2, 0.25) is 0 Å². The van der Waals surface area contributed by atoms with Gasteiger partial charge in [0.25, 0.3) is 0 Å². The van der Waals surface area contributed by atoms with E-state index in [0.29, 0.717) is 0 Å². The van der Waals surface area contributed by atoms with Crippen molar-refractivity contribution in [2.45, 2.75) is 0 Å². The fourth-order valence-corrected chi connectivity index (χ4v) is 9.24. The van der Waals surface area contributed by atoms with Crippen molar-refractivity contribution in [2.75, 3.05) is 4.90 Å². The third-order valence-electron chi connectivity index (χ3n) is 10.5. The van der Waals surface area contributed by atoms with Crippen molar-refractivity contribution in [3.05, 3.63) is 182 Å². The highest BCUT2D eigenvalue weighted by atomic mass is 32.1. The molecule has 2 aromatic heterocycles. The molecule has 2 nitrogen and oxygen atoms in total. The molecule has 0 radical (unpaired) electrons. The van der Waals surface area contributed by atoms with Crippen LogP contribution >= 0.6 is 11.3 Å². The largest absolute Gasteiger partial charge is 0.310 e. The minimum Gasteiger partial charge on any atom is -0.310 e. The average molecular weight is 667 g/mol. The van der Waals surface area contributed by atoms with Gasteiger partial charge in [0.1, 0.15) is 0 Å². The molecule has 51 heavy (non-hydrogen) atoms. The minimum absolute atomic E-state index is 1.13. The van der Waals surface area contributed by atoms with Crippen LogP contribution in [0.3, 0.4) is 0 Å². The monoisotopic (exact) mass is 666 g/mol. The van der Waals surface area contributed by atoms with Crippen LogP contribution in [0.15, 0.2) is 182 Å². The first-order valence-corrected chi connectivity index (χ1v) is 18.2. The van der Waals surface area contributed by atoms with Crippen LogP contribution in [0.4, 0.5) is 17.1 Å². The van der Waals surface area contributed by atoms with Crippen molar-refractivity contribution in [3.63, 3.8) is 0 Å². The summed E-state index contributed by atoms with van der Waals surface area (Å²) in [5.74, 6) is 0. The Bertz CT molecular complexity index is 3090. The predicted molar refractivity (Wildman–Crippen MR) is 221 cm³/mol. The highest BCUT2D eigenvalue weighted by Crippen LogP contribution is 2.46. The van der Waals surface area contributed by atoms with Crippen molar-refractivity contribution in [3.8, 4) is 5.69 Å². The fraction of sp³-hybridized carbons (Fsp3) is 0. The lowest BCUT2D eigenvalue weighted by Crippen LogP contribution is -2.10. The summed E-state index contributed by atoms with van der Waals surface area (Å²) in [6, 6.07) is 66.9. The second-order valence-corrected chi connectivity index (χ2v) is 14.5. The molecule has 0 saturated carbocycles. The Morgan fingerprint density at radius 2 is 0.882 bits per heavy atom. The van der Waals surface area contributed by atoms with Crippen molar-refractivity contribution in [1.29, 1.82) is 0 Å². The van der Waals surface area contributed by atoms with Gasteiger partial charge in [0.05, 0.1) is 11.0 Å². The van der Waals surface area contributed by atoms with Crippen LogP contribution in [0.1, 0.15) is 0 Å². The highest BCUT2D eigenvalue weighted by Gasteiger charge is 2.21. The Morgan fingerprint density at radius 3 is 1.57 bits per heavy atom. The maximum Gasteiger partial charge on any atom is 0.0548 e. The predicted octanol–water partition coefficient (Wildman–Crippen LogP) is 14.1. The SMILES string of the molecule is c1ccc2cc(N(c3ccc4ccccc4c3)c3ccc4c(c3)c3c5c(ccc3n4-c3ccc4ccccc4c3)sc3ccccc35)ccc2c1. The molecule has 11 rings (SSSR count). The lowest BCUT2D eigenvalue weighted by atomic mass is 10.0. The molecule has 0 aliphatic rings. The van der Waals surface area contributed by atoms with E-state index in [9.17, 15) is 0 Å². The number of fused-ring (bicyclic) bond motifs is 10. The lowest BCUT2D eigenvalue weighted by molar-refractivity contribution is 1.19. The molecule has 9 aromatic carbocycles. The van der Waals surface area contributed by atoms with Gasteiger partial charge >= 0.3 is 0 Å². The van der Waals surface area contributed by atoms with Crippen LogP contribution in [-0.4, -0.2) is 4.57 Å². The third-order valence-corrected chi connectivity index (χ3v) is 11.6. The van der Waals surface area contributed by atoms with E-state index in [0.717, 1.165) is 17.1 Å². The first kappa shape index (κ1) is 28.4. The molecular formula is C48H30N2S. The van der Waals surface area contributed by atoms with E-state index in [1.165, 1.54) is 80.0 Å². The number of nitrogens with zero attached hydrogens (tertiary/aromatic N) is 2. The van der Waals surface area contributed by atoms with E-state index in [1.807, 2.05) is 11.3 Å². The van der Waals surface area contributed by atoms with Crippen LogP contribution in [-0.2, 0) is 0 Å². The third kappa shape index (κ3) is 4.42. The minimum atomic E-state index is 1.13. The fourth-order valence-electron chi connectivity index (χ4n) is 8.13. The van der Waals surface area contributed by atoms with Crippen LogP contribution in [0.5, 0.6) is 0 Å². The van der Waals surface area contributed by atoms with Crippen molar-refractivity contribution in [1.82, 2.24) is 4.57 Å².